The molecule has 0 amide bonds. The maximum absolute atomic E-state index is 5.95. The van der Waals surface area contributed by atoms with E-state index in [9.17, 15) is 0 Å². The van der Waals surface area contributed by atoms with E-state index in [2.05, 4.69) is 21.5 Å². The highest BCUT2D eigenvalue weighted by molar-refractivity contribution is 7.71. The summed E-state index contributed by atoms with van der Waals surface area (Å²) in [6, 6.07) is 1.88. The minimum atomic E-state index is 0.462. The maximum atomic E-state index is 5.95. The van der Waals surface area contributed by atoms with Gasteiger partial charge in [-0.2, -0.15) is 0 Å². The van der Waals surface area contributed by atoms with Crippen LogP contribution in [-0.2, 0) is 6.54 Å². The summed E-state index contributed by atoms with van der Waals surface area (Å²) in [7, 11) is 0. The molecule has 1 N–H and O–H groups in total. The monoisotopic (exact) mass is 281 g/mol. The van der Waals surface area contributed by atoms with Crippen LogP contribution in [0, 0.1) is 10.2 Å². The average Bonchev–Trinajstić information content (AvgIpc) is 3.00. The smallest absolute Gasteiger partial charge is 0.179 e. The van der Waals surface area contributed by atoms with Crippen LogP contribution in [-0.4, -0.2) is 14.5 Å². The summed E-state index contributed by atoms with van der Waals surface area (Å²) in [4.78, 5) is 7.60. The van der Waals surface area contributed by atoms with Crippen LogP contribution in [0.1, 0.15) is 32.6 Å². The minimum absolute atomic E-state index is 0.462. The Kier molecular flexibility index (Phi) is 2.94. The number of hydrogen-bond donors (Lipinski definition) is 1. The number of aromatic nitrogens is 3. The average molecular weight is 282 g/mol. The molecule has 1 saturated carbocycles. The van der Waals surface area contributed by atoms with Crippen LogP contribution in [0.3, 0.4) is 0 Å². The van der Waals surface area contributed by atoms with Crippen molar-refractivity contribution in [2.24, 2.45) is 5.41 Å². The van der Waals surface area contributed by atoms with Crippen molar-refractivity contribution in [3.8, 4) is 0 Å². The second-order valence-corrected chi connectivity index (χ2v) is 6.11. The SMILES string of the molecule is CCCC1(Cn2c(=S)[nH]c3cc(Cl)cnc32)CC1. The molecule has 0 saturated heterocycles. The second kappa shape index (κ2) is 4.35. The van der Waals surface area contributed by atoms with Crippen molar-refractivity contribution in [2.75, 3.05) is 0 Å². The van der Waals surface area contributed by atoms with Crippen LogP contribution in [0.15, 0.2) is 12.3 Å². The lowest BCUT2D eigenvalue weighted by atomic mass is 10.0. The second-order valence-electron chi connectivity index (χ2n) is 5.29. The first-order valence-electron chi connectivity index (χ1n) is 6.38. The number of pyridine rings is 1. The summed E-state index contributed by atoms with van der Waals surface area (Å²) in [5.41, 5.74) is 2.32. The number of nitrogens with one attached hydrogen (secondary N) is 1. The van der Waals surface area contributed by atoms with Crippen molar-refractivity contribution in [2.45, 2.75) is 39.2 Å². The number of fused-ring (bicyclic) bond motifs is 1. The first-order valence-corrected chi connectivity index (χ1v) is 7.16. The zero-order chi connectivity index (χ0) is 12.8. The van der Waals surface area contributed by atoms with Crippen LogP contribution in [0.25, 0.3) is 11.2 Å². The fourth-order valence-corrected chi connectivity index (χ4v) is 3.11. The van der Waals surface area contributed by atoms with Gasteiger partial charge in [0.25, 0.3) is 0 Å². The van der Waals surface area contributed by atoms with Gasteiger partial charge >= 0.3 is 0 Å². The van der Waals surface area contributed by atoms with Gasteiger partial charge in [-0.3, -0.25) is 0 Å². The van der Waals surface area contributed by atoms with Crippen LogP contribution >= 0.6 is 23.8 Å². The van der Waals surface area contributed by atoms with Crippen LogP contribution < -0.4 is 0 Å². The summed E-state index contributed by atoms with van der Waals surface area (Å²) in [5.74, 6) is 0. The first kappa shape index (κ1) is 12.2. The van der Waals surface area contributed by atoms with Crippen molar-refractivity contribution < 1.29 is 0 Å². The van der Waals surface area contributed by atoms with E-state index < -0.39 is 0 Å². The standard InChI is InChI=1S/C13H16ClN3S/c1-2-3-13(4-5-13)8-17-11-10(16-12(17)18)6-9(14)7-15-11/h6-7H,2-5,8H2,1H3,(H,16,18). The summed E-state index contributed by atoms with van der Waals surface area (Å²) in [6.07, 6.45) is 6.80. The van der Waals surface area contributed by atoms with Gasteiger partial charge in [0.2, 0.25) is 0 Å². The Morgan fingerprint density at radius 3 is 3.00 bits per heavy atom. The lowest BCUT2D eigenvalue weighted by Crippen LogP contribution is -2.12. The van der Waals surface area contributed by atoms with Gasteiger partial charge in [-0.25, -0.2) is 4.98 Å². The number of imidazole rings is 1. The number of aromatic amines is 1. The predicted octanol–water partition coefficient (Wildman–Crippen LogP) is 4.33. The molecule has 18 heavy (non-hydrogen) atoms. The number of H-pyrrole nitrogens is 1. The molecule has 3 rings (SSSR count). The molecule has 0 aromatic carbocycles. The molecule has 2 aromatic rings. The molecule has 1 aliphatic carbocycles. The Morgan fingerprint density at radius 2 is 2.33 bits per heavy atom. The van der Waals surface area contributed by atoms with Crippen molar-refractivity contribution in [1.29, 1.82) is 0 Å². The third-order valence-corrected chi connectivity index (χ3v) is 4.34. The Hall–Kier alpha value is -0.870. The topological polar surface area (TPSA) is 33.6 Å². The van der Waals surface area contributed by atoms with Gasteiger partial charge in [0.15, 0.2) is 10.4 Å². The van der Waals surface area contributed by atoms with Crippen LogP contribution in [0.5, 0.6) is 0 Å². The Bertz CT molecular complexity index is 639. The van der Waals surface area contributed by atoms with Crippen molar-refractivity contribution in [3.05, 3.63) is 22.1 Å². The number of halogens is 1. The van der Waals surface area contributed by atoms with E-state index >= 15 is 0 Å². The molecule has 3 nitrogen and oxygen atoms in total. The van der Waals surface area contributed by atoms with Gasteiger partial charge in [-0.15, -0.1) is 0 Å². The molecule has 5 heteroatoms. The van der Waals surface area contributed by atoms with E-state index in [-0.39, 0.29) is 0 Å². The van der Waals surface area contributed by atoms with Gasteiger partial charge in [-0.1, -0.05) is 24.9 Å². The fraction of sp³-hybridized carbons (Fsp3) is 0.538. The summed E-state index contributed by atoms with van der Waals surface area (Å²) in [6.45, 7) is 3.22. The molecular formula is C13H16ClN3S. The minimum Gasteiger partial charge on any atom is -0.329 e. The van der Waals surface area contributed by atoms with Gasteiger partial charge in [0, 0.05) is 12.7 Å². The molecule has 1 fully saturated rings. The quantitative estimate of drug-likeness (QED) is 0.847. The fourth-order valence-electron chi connectivity index (χ4n) is 2.69. The lowest BCUT2D eigenvalue weighted by Gasteiger charge is -2.14. The summed E-state index contributed by atoms with van der Waals surface area (Å²) < 4.78 is 2.88. The van der Waals surface area contributed by atoms with Gasteiger partial charge in [0.1, 0.15) is 0 Å². The molecule has 2 heterocycles. The van der Waals surface area contributed by atoms with E-state index in [1.165, 1.54) is 25.7 Å². The molecule has 1 aliphatic rings. The highest BCUT2D eigenvalue weighted by Gasteiger charge is 2.42. The van der Waals surface area contributed by atoms with Crippen LogP contribution in [0.4, 0.5) is 0 Å². The van der Waals surface area contributed by atoms with Gasteiger partial charge < -0.3 is 9.55 Å². The molecule has 0 radical (unpaired) electrons. The molecule has 2 aromatic heterocycles. The van der Waals surface area contributed by atoms with E-state index in [0.717, 1.165) is 22.5 Å². The molecule has 0 atom stereocenters. The first-order chi connectivity index (χ1) is 8.63. The zero-order valence-corrected chi connectivity index (χ0v) is 11.9. The predicted molar refractivity (Wildman–Crippen MR) is 76.5 cm³/mol. The molecule has 0 aliphatic heterocycles. The number of rotatable bonds is 4. The Balaban J connectivity index is 2.01. The molecule has 0 spiro atoms. The zero-order valence-electron chi connectivity index (χ0n) is 10.4. The normalized spacial score (nSPS) is 17.2. The lowest BCUT2D eigenvalue weighted by molar-refractivity contribution is 0.390. The molecule has 0 unspecified atom stereocenters. The third-order valence-electron chi connectivity index (χ3n) is 3.81. The van der Waals surface area contributed by atoms with E-state index in [0.29, 0.717) is 10.4 Å². The summed E-state index contributed by atoms with van der Waals surface area (Å²) >= 11 is 11.4. The van der Waals surface area contributed by atoms with Crippen molar-refractivity contribution in [3.63, 3.8) is 0 Å². The molecule has 96 valence electrons. The summed E-state index contributed by atoms with van der Waals surface area (Å²) in [5, 5.41) is 0.639. The van der Waals surface area contributed by atoms with Crippen molar-refractivity contribution >= 4 is 35.0 Å². The highest BCUT2D eigenvalue weighted by Crippen LogP contribution is 2.51. The Morgan fingerprint density at radius 1 is 1.56 bits per heavy atom. The van der Waals surface area contributed by atoms with Crippen LogP contribution in [0.2, 0.25) is 5.02 Å². The van der Waals surface area contributed by atoms with Gasteiger partial charge in [0.05, 0.1) is 10.5 Å². The maximum Gasteiger partial charge on any atom is 0.179 e. The number of nitrogens with zero attached hydrogens (tertiary/aromatic N) is 2. The Labute approximate surface area is 116 Å². The van der Waals surface area contributed by atoms with Gasteiger partial charge in [-0.05, 0) is 43.0 Å². The largest absolute Gasteiger partial charge is 0.329 e. The van der Waals surface area contributed by atoms with Crippen molar-refractivity contribution in [1.82, 2.24) is 14.5 Å². The van der Waals surface area contributed by atoms with E-state index in [1.54, 1.807) is 6.20 Å². The molecular weight excluding hydrogens is 266 g/mol. The highest BCUT2D eigenvalue weighted by atomic mass is 35.5. The van der Waals surface area contributed by atoms with E-state index in [4.69, 9.17) is 23.8 Å². The third kappa shape index (κ3) is 2.08. The van der Waals surface area contributed by atoms with E-state index in [1.807, 2.05) is 6.07 Å². The molecule has 0 bridgehead atoms. The number of hydrogen-bond acceptors (Lipinski definition) is 2.